The zero-order chi connectivity index (χ0) is 21.8. The van der Waals surface area contributed by atoms with E-state index < -0.39 is 0 Å². The van der Waals surface area contributed by atoms with Gasteiger partial charge in [-0.1, -0.05) is 71.3 Å². The van der Waals surface area contributed by atoms with E-state index in [4.69, 9.17) is 4.74 Å². The summed E-state index contributed by atoms with van der Waals surface area (Å²) < 4.78 is 5.87. The van der Waals surface area contributed by atoms with Crippen molar-refractivity contribution in [2.24, 2.45) is 11.8 Å². The normalized spacial score (nSPS) is 30.2. The predicted molar refractivity (Wildman–Crippen MR) is 124 cm³/mol. The van der Waals surface area contributed by atoms with Crippen molar-refractivity contribution >= 4 is 5.97 Å². The molecule has 6 unspecified atom stereocenters. The number of carbonyl (C=O) groups is 1. The van der Waals surface area contributed by atoms with Crippen LogP contribution in [0, 0.1) is 11.8 Å². The Morgan fingerprint density at radius 1 is 1.13 bits per heavy atom. The molecule has 2 rings (SSSR count). The summed E-state index contributed by atoms with van der Waals surface area (Å²) in [5, 5.41) is 13.7. The van der Waals surface area contributed by atoms with E-state index in [-0.39, 0.29) is 24.2 Å². The molecule has 1 heterocycles. The Hall–Kier alpha value is -0.870. The first-order valence-electron chi connectivity index (χ1n) is 12.9. The topological polar surface area (TPSA) is 58.6 Å². The molecule has 2 fully saturated rings. The molecule has 0 aromatic heterocycles. The van der Waals surface area contributed by atoms with Crippen molar-refractivity contribution in [2.75, 3.05) is 0 Å². The molecule has 1 saturated carbocycles. The van der Waals surface area contributed by atoms with E-state index in [0.717, 1.165) is 50.9 Å². The average molecular weight is 422 g/mol. The van der Waals surface area contributed by atoms with Gasteiger partial charge in [-0.15, -0.1) is 0 Å². The number of ether oxygens (including phenoxy) is 1. The third-order valence-corrected chi connectivity index (χ3v) is 7.23. The molecule has 0 aromatic rings. The molecular weight excluding hydrogens is 374 g/mol. The number of esters is 1. The fourth-order valence-electron chi connectivity index (χ4n) is 5.49. The Kier molecular flexibility index (Phi) is 12.1. The number of hydrogen-bond donors (Lipinski definition) is 2. The fraction of sp³-hybridized carbons (Fsp3) is 0.885. The van der Waals surface area contributed by atoms with Gasteiger partial charge >= 0.3 is 5.97 Å². The minimum atomic E-state index is -0.180. The van der Waals surface area contributed by atoms with Gasteiger partial charge < -0.3 is 15.2 Å². The van der Waals surface area contributed by atoms with Crippen LogP contribution in [0.15, 0.2) is 12.2 Å². The molecule has 0 aromatic carbocycles. The highest BCUT2D eigenvalue weighted by atomic mass is 16.5. The van der Waals surface area contributed by atoms with E-state index in [2.05, 4.69) is 26.1 Å². The van der Waals surface area contributed by atoms with Crippen LogP contribution >= 0.6 is 0 Å². The maximum absolute atomic E-state index is 12.3. The van der Waals surface area contributed by atoms with Gasteiger partial charge in [0.1, 0.15) is 6.10 Å². The second-order valence-corrected chi connectivity index (χ2v) is 9.75. The van der Waals surface area contributed by atoms with Crippen LogP contribution in [-0.4, -0.2) is 35.4 Å². The molecule has 0 spiro atoms. The van der Waals surface area contributed by atoms with Crippen LogP contribution in [0.2, 0.25) is 0 Å². The molecular formula is C26H47NO3. The van der Waals surface area contributed by atoms with E-state index in [1.807, 2.05) is 6.08 Å². The van der Waals surface area contributed by atoms with Gasteiger partial charge in [-0.05, 0) is 57.3 Å². The second-order valence-electron chi connectivity index (χ2n) is 9.75. The summed E-state index contributed by atoms with van der Waals surface area (Å²) in [7, 11) is 0. The van der Waals surface area contributed by atoms with Crippen LogP contribution < -0.4 is 5.32 Å². The number of aliphatic hydroxyl groups is 1. The van der Waals surface area contributed by atoms with Gasteiger partial charge in [-0.25, -0.2) is 4.79 Å². The molecule has 1 aliphatic carbocycles. The molecule has 4 heteroatoms. The molecule has 1 saturated heterocycles. The number of fused-ring (bicyclic) bond motifs is 1. The number of carbonyl (C=O) groups excluding carboxylic acids is 1. The third-order valence-electron chi connectivity index (χ3n) is 7.23. The highest BCUT2D eigenvalue weighted by molar-refractivity contribution is 5.82. The minimum Gasteiger partial charge on any atom is -0.458 e. The van der Waals surface area contributed by atoms with Crippen molar-refractivity contribution in [3.8, 4) is 0 Å². The van der Waals surface area contributed by atoms with E-state index in [9.17, 15) is 9.90 Å². The van der Waals surface area contributed by atoms with Crippen molar-refractivity contribution in [2.45, 2.75) is 135 Å². The van der Waals surface area contributed by atoms with Crippen molar-refractivity contribution < 1.29 is 14.6 Å². The first-order chi connectivity index (χ1) is 14.5. The molecule has 30 heavy (non-hydrogen) atoms. The summed E-state index contributed by atoms with van der Waals surface area (Å²) in [5.74, 6) is 1.15. The van der Waals surface area contributed by atoms with E-state index in [1.165, 1.54) is 44.9 Å². The molecule has 2 aliphatic rings. The fourth-order valence-corrected chi connectivity index (χ4v) is 5.49. The molecule has 174 valence electrons. The first-order valence-corrected chi connectivity index (χ1v) is 12.9. The monoisotopic (exact) mass is 421 g/mol. The number of rotatable bonds is 13. The molecule has 4 nitrogen and oxygen atoms in total. The van der Waals surface area contributed by atoms with E-state index >= 15 is 0 Å². The number of allylic oxidation sites excluding steroid dienone is 1. The van der Waals surface area contributed by atoms with E-state index in [0.29, 0.717) is 12.0 Å². The van der Waals surface area contributed by atoms with E-state index in [1.54, 1.807) is 6.08 Å². The molecule has 0 bridgehead atoms. The third kappa shape index (κ3) is 8.70. The summed E-state index contributed by atoms with van der Waals surface area (Å²) in [6, 6.07) is 0.801. The maximum Gasteiger partial charge on any atom is 0.330 e. The Morgan fingerprint density at radius 3 is 2.73 bits per heavy atom. The average Bonchev–Trinajstić information content (AvgIpc) is 2.72. The standard InChI is InChI=1S/C26H47NO3/c1-4-6-7-8-9-18-26(29)30-25-19-23-21(14-10-11-16-22(28)13-5-2)15-12-17-24(23)27-20(25)3/h9,18,20-25,27-28H,4-8,10-17,19H2,1-3H3. The van der Waals surface area contributed by atoms with Gasteiger partial charge in [-0.2, -0.15) is 0 Å². The smallest absolute Gasteiger partial charge is 0.330 e. The zero-order valence-corrected chi connectivity index (χ0v) is 19.8. The highest BCUT2D eigenvalue weighted by Crippen LogP contribution is 2.40. The summed E-state index contributed by atoms with van der Waals surface area (Å²) in [6.45, 7) is 6.49. The lowest BCUT2D eigenvalue weighted by Crippen LogP contribution is -2.57. The lowest BCUT2D eigenvalue weighted by atomic mass is 9.68. The molecule has 2 N–H and O–H groups in total. The quantitative estimate of drug-likeness (QED) is 0.220. The largest absolute Gasteiger partial charge is 0.458 e. The number of unbranched alkanes of at least 4 members (excludes halogenated alkanes) is 4. The van der Waals surface area contributed by atoms with Gasteiger partial charge in [0.15, 0.2) is 0 Å². The molecule has 0 radical (unpaired) electrons. The van der Waals surface area contributed by atoms with Crippen molar-refractivity contribution in [3.63, 3.8) is 0 Å². The van der Waals surface area contributed by atoms with Crippen LogP contribution in [0.4, 0.5) is 0 Å². The summed E-state index contributed by atoms with van der Waals surface area (Å²) >= 11 is 0. The van der Waals surface area contributed by atoms with Crippen molar-refractivity contribution in [3.05, 3.63) is 12.2 Å². The molecule has 0 amide bonds. The van der Waals surface area contributed by atoms with Crippen LogP contribution in [0.5, 0.6) is 0 Å². The van der Waals surface area contributed by atoms with Crippen molar-refractivity contribution in [1.82, 2.24) is 5.32 Å². The first kappa shape index (κ1) is 25.4. The van der Waals surface area contributed by atoms with Crippen molar-refractivity contribution in [1.29, 1.82) is 0 Å². The van der Waals surface area contributed by atoms with Crippen LogP contribution in [0.3, 0.4) is 0 Å². The summed E-state index contributed by atoms with van der Waals surface area (Å²) in [6.07, 6.45) is 19.3. The SMILES string of the molecule is CCCCCC=CC(=O)OC1CC2C(CCCCC(O)CCC)CCCC2NC1C. The maximum atomic E-state index is 12.3. The number of aliphatic hydroxyl groups excluding tert-OH is 1. The van der Waals surface area contributed by atoms with Gasteiger partial charge in [-0.3, -0.25) is 0 Å². The van der Waals surface area contributed by atoms with Crippen LogP contribution in [-0.2, 0) is 9.53 Å². The Bertz CT molecular complexity index is 507. The zero-order valence-electron chi connectivity index (χ0n) is 19.8. The predicted octanol–water partition coefficient (Wildman–Crippen LogP) is 5.92. The van der Waals surface area contributed by atoms with Gasteiger partial charge in [0.2, 0.25) is 0 Å². The number of hydrogen-bond acceptors (Lipinski definition) is 4. The van der Waals surface area contributed by atoms with Crippen LogP contribution in [0.25, 0.3) is 0 Å². The second kappa shape index (κ2) is 14.2. The Morgan fingerprint density at radius 2 is 1.97 bits per heavy atom. The van der Waals surface area contributed by atoms with Gasteiger partial charge in [0.25, 0.3) is 0 Å². The summed E-state index contributed by atoms with van der Waals surface area (Å²) in [5.41, 5.74) is 0. The Balaban J connectivity index is 1.79. The Labute approximate surface area is 185 Å². The molecule has 6 atom stereocenters. The summed E-state index contributed by atoms with van der Waals surface area (Å²) in [4.78, 5) is 12.3. The lowest BCUT2D eigenvalue weighted by molar-refractivity contribution is -0.148. The minimum absolute atomic E-state index is 0.0222. The lowest BCUT2D eigenvalue weighted by Gasteiger charge is -2.47. The number of nitrogens with one attached hydrogen (secondary N) is 1. The van der Waals surface area contributed by atoms with Gasteiger partial charge in [0, 0.05) is 18.2 Å². The highest BCUT2D eigenvalue weighted by Gasteiger charge is 2.41. The molecule has 1 aliphatic heterocycles. The number of piperidine rings is 1. The van der Waals surface area contributed by atoms with Gasteiger partial charge in [0.05, 0.1) is 6.10 Å². The van der Waals surface area contributed by atoms with Crippen LogP contribution in [0.1, 0.15) is 111 Å².